The molecule has 0 saturated carbocycles. The van der Waals surface area contributed by atoms with Crippen molar-refractivity contribution >= 4 is 35.3 Å². The fourth-order valence-electron chi connectivity index (χ4n) is 6.07. The second-order valence-corrected chi connectivity index (χ2v) is 12.7. The first-order valence-electron chi connectivity index (χ1n) is 16.2. The van der Waals surface area contributed by atoms with E-state index >= 15 is 0 Å². The molecular formula is C36H44N2O8. The zero-order valence-corrected chi connectivity index (χ0v) is 27.2. The highest BCUT2D eigenvalue weighted by atomic mass is 16.5. The van der Waals surface area contributed by atoms with Crippen LogP contribution in [0, 0.1) is 11.8 Å². The summed E-state index contributed by atoms with van der Waals surface area (Å²) in [6, 6.07) is 12.2. The molecule has 2 heterocycles. The first kappa shape index (κ1) is 34.5. The number of Topliss-reactive ketones (excluding diaryl/α,β-unsaturated/α-hetero) is 2. The highest BCUT2D eigenvalue weighted by Gasteiger charge is 2.36. The third-order valence-corrected chi connectivity index (χ3v) is 8.58. The molecule has 2 unspecified atom stereocenters. The highest BCUT2D eigenvalue weighted by molar-refractivity contribution is 6.00. The maximum Gasteiger partial charge on any atom is 0.329 e. The average Bonchev–Trinajstić information content (AvgIpc) is 3.04. The van der Waals surface area contributed by atoms with E-state index in [9.17, 15) is 28.8 Å². The molecule has 0 bridgehead atoms. The minimum Gasteiger partial charge on any atom is -0.456 e. The second-order valence-electron chi connectivity index (χ2n) is 12.7. The van der Waals surface area contributed by atoms with E-state index in [0.717, 1.165) is 36.8 Å². The van der Waals surface area contributed by atoms with Gasteiger partial charge in [-0.2, -0.15) is 0 Å². The summed E-state index contributed by atoms with van der Waals surface area (Å²) in [6.07, 6.45) is 4.13. The number of nitrogens with zero attached hydrogens (tertiary/aromatic N) is 2. The number of carbonyl (C=O) groups is 6. The Hall–Kier alpha value is -4.34. The van der Waals surface area contributed by atoms with Gasteiger partial charge in [0.15, 0.2) is 24.8 Å². The maximum absolute atomic E-state index is 12.9. The van der Waals surface area contributed by atoms with Crippen LogP contribution in [0.1, 0.15) is 86.9 Å². The van der Waals surface area contributed by atoms with Crippen LogP contribution < -0.4 is 0 Å². The first-order chi connectivity index (χ1) is 22.0. The summed E-state index contributed by atoms with van der Waals surface area (Å²) in [6.45, 7) is 7.60. The van der Waals surface area contributed by atoms with E-state index in [1.807, 2.05) is 27.7 Å². The summed E-state index contributed by atoms with van der Waals surface area (Å²) in [5.41, 5.74) is 2.39. The number of likely N-dealkylation sites (tertiary alicyclic amines) is 2. The van der Waals surface area contributed by atoms with Gasteiger partial charge < -0.3 is 19.3 Å². The van der Waals surface area contributed by atoms with E-state index in [-0.39, 0.29) is 35.2 Å². The van der Waals surface area contributed by atoms with Gasteiger partial charge in [0.1, 0.15) is 12.1 Å². The van der Waals surface area contributed by atoms with Gasteiger partial charge >= 0.3 is 11.9 Å². The van der Waals surface area contributed by atoms with Crippen molar-refractivity contribution in [3.63, 3.8) is 0 Å². The number of rotatable bonds is 13. The zero-order valence-electron chi connectivity index (χ0n) is 27.2. The number of ether oxygens (including phenoxy) is 2. The Morgan fingerprint density at radius 1 is 0.587 bits per heavy atom. The zero-order chi connectivity index (χ0) is 33.4. The number of ketones is 2. The number of piperidine rings is 2. The lowest BCUT2D eigenvalue weighted by atomic mass is 9.99. The van der Waals surface area contributed by atoms with E-state index in [1.165, 1.54) is 0 Å². The van der Waals surface area contributed by atoms with Crippen LogP contribution in [0.3, 0.4) is 0 Å². The topological polar surface area (TPSA) is 127 Å². The molecule has 2 aliphatic heterocycles. The molecule has 0 aliphatic carbocycles. The van der Waals surface area contributed by atoms with Crippen LogP contribution in [0.5, 0.6) is 0 Å². The van der Waals surface area contributed by atoms with Gasteiger partial charge in [-0.05, 0) is 48.6 Å². The van der Waals surface area contributed by atoms with E-state index in [0.29, 0.717) is 37.1 Å². The molecule has 2 fully saturated rings. The van der Waals surface area contributed by atoms with Crippen molar-refractivity contribution in [3.8, 4) is 11.1 Å². The molecule has 246 valence electrons. The van der Waals surface area contributed by atoms with Crippen LogP contribution in [-0.2, 0) is 28.7 Å². The molecule has 2 amide bonds. The standard InChI is InChI=1S/C36H44N2O8/c1-23(2)33(37-19-7-5-9-31(37)41)35(43)45-21-29(39)27-15-11-25(12-16-27)26-13-17-28(18-14-26)30(40)22-46-36(44)34(24(3)4)38-20-8-6-10-32(38)42/h11-18,23-24,33-34H,5-10,19-22H2,1-4H3. The van der Waals surface area contributed by atoms with Crippen molar-refractivity contribution in [1.82, 2.24) is 9.80 Å². The van der Waals surface area contributed by atoms with Crippen LogP contribution in [-0.4, -0.2) is 83.5 Å². The minimum absolute atomic E-state index is 0.0635. The monoisotopic (exact) mass is 632 g/mol. The molecule has 2 aliphatic rings. The second kappa shape index (κ2) is 15.8. The van der Waals surface area contributed by atoms with E-state index < -0.39 is 37.2 Å². The van der Waals surface area contributed by atoms with E-state index in [2.05, 4.69) is 0 Å². The fraction of sp³-hybridized carbons (Fsp3) is 0.500. The Balaban J connectivity index is 1.30. The van der Waals surface area contributed by atoms with Crippen LogP contribution in [0.15, 0.2) is 48.5 Å². The van der Waals surface area contributed by atoms with Crippen molar-refractivity contribution in [1.29, 1.82) is 0 Å². The summed E-state index contributed by atoms with van der Waals surface area (Å²) in [7, 11) is 0. The number of hydrogen-bond acceptors (Lipinski definition) is 8. The third kappa shape index (κ3) is 8.47. The Labute approximate surface area is 270 Å². The summed E-state index contributed by atoms with van der Waals surface area (Å²) in [5.74, 6) is -2.27. The summed E-state index contributed by atoms with van der Waals surface area (Å²) in [5, 5.41) is 0. The number of carbonyl (C=O) groups excluding carboxylic acids is 6. The molecule has 2 aromatic carbocycles. The predicted octanol–water partition coefficient (Wildman–Crippen LogP) is 4.88. The molecule has 10 heteroatoms. The van der Waals surface area contributed by atoms with Crippen LogP contribution in [0.4, 0.5) is 0 Å². The fourth-order valence-corrected chi connectivity index (χ4v) is 6.07. The predicted molar refractivity (Wildman–Crippen MR) is 171 cm³/mol. The van der Waals surface area contributed by atoms with Crippen LogP contribution in [0.25, 0.3) is 11.1 Å². The largest absolute Gasteiger partial charge is 0.456 e. The highest BCUT2D eigenvalue weighted by Crippen LogP contribution is 2.23. The van der Waals surface area contributed by atoms with Crippen LogP contribution >= 0.6 is 0 Å². The molecule has 0 N–H and O–H groups in total. The number of esters is 2. The third-order valence-electron chi connectivity index (χ3n) is 8.58. The Morgan fingerprint density at radius 2 is 0.935 bits per heavy atom. The summed E-state index contributed by atoms with van der Waals surface area (Å²) in [4.78, 5) is 79.2. The number of hydrogen-bond donors (Lipinski definition) is 0. The van der Waals surface area contributed by atoms with Crippen molar-refractivity contribution in [2.24, 2.45) is 11.8 Å². The van der Waals surface area contributed by atoms with Crippen LogP contribution in [0.2, 0.25) is 0 Å². The number of benzene rings is 2. The minimum atomic E-state index is -0.716. The Bertz CT molecular complexity index is 1320. The van der Waals surface area contributed by atoms with E-state index in [4.69, 9.17) is 9.47 Å². The molecule has 46 heavy (non-hydrogen) atoms. The smallest absolute Gasteiger partial charge is 0.329 e. The van der Waals surface area contributed by atoms with Gasteiger partial charge in [-0.25, -0.2) is 9.59 Å². The molecular weight excluding hydrogens is 588 g/mol. The molecule has 0 spiro atoms. The molecule has 2 aromatic rings. The average molecular weight is 633 g/mol. The molecule has 2 saturated heterocycles. The Morgan fingerprint density at radius 3 is 1.24 bits per heavy atom. The Kier molecular flexibility index (Phi) is 11.8. The van der Waals surface area contributed by atoms with Gasteiger partial charge in [0.25, 0.3) is 0 Å². The van der Waals surface area contributed by atoms with Crippen molar-refractivity contribution in [2.75, 3.05) is 26.3 Å². The van der Waals surface area contributed by atoms with Gasteiger partial charge in [0, 0.05) is 37.1 Å². The van der Waals surface area contributed by atoms with Crippen molar-refractivity contribution in [2.45, 2.75) is 78.3 Å². The summed E-state index contributed by atoms with van der Waals surface area (Å²) >= 11 is 0. The van der Waals surface area contributed by atoms with Gasteiger partial charge in [-0.1, -0.05) is 76.2 Å². The lowest BCUT2D eigenvalue weighted by molar-refractivity contribution is -0.157. The molecule has 10 nitrogen and oxygen atoms in total. The molecule has 2 atom stereocenters. The van der Waals surface area contributed by atoms with E-state index in [1.54, 1.807) is 58.3 Å². The summed E-state index contributed by atoms with van der Waals surface area (Å²) < 4.78 is 10.7. The molecule has 0 radical (unpaired) electrons. The normalized spacial score (nSPS) is 16.7. The van der Waals surface area contributed by atoms with Gasteiger partial charge in [-0.3, -0.25) is 19.2 Å². The number of amides is 2. The molecule has 4 rings (SSSR count). The van der Waals surface area contributed by atoms with Crippen molar-refractivity contribution in [3.05, 3.63) is 59.7 Å². The lowest BCUT2D eigenvalue weighted by Crippen LogP contribution is -2.50. The SMILES string of the molecule is CC(C)C(C(=O)OCC(=O)c1ccc(-c2ccc(C(=O)COC(=O)C(C(C)C)N3CCCCC3=O)cc2)cc1)N1CCCCC1=O. The quantitative estimate of drug-likeness (QED) is 0.226. The lowest BCUT2D eigenvalue weighted by Gasteiger charge is -2.35. The van der Waals surface area contributed by atoms with Gasteiger partial charge in [0.05, 0.1) is 0 Å². The van der Waals surface area contributed by atoms with Crippen molar-refractivity contribution < 1.29 is 38.2 Å². The maximum atomic E-state index is 12.9. The first-order valence-corrected chi connectivity index (χ1v) is 16.2. The van der Waals surface area contributed by atoms with Gasteiger partial charge in [-0.15, -0.1) is 0 Å². The van der Waals surface area contributed by atoms with Gasteiger partial charge in [0.2, 0.25) is 11.8 Å². The molecule has 0 aromatic heterocycles.